The molecular formula is C42H52O6. The maximum atomic E-state index is 11.3. The maximum Gasteiger partial charge on any atom is 0.308 e. The number of hydrogen-bond acceptors (Lipinski definition) is 6. The lowest BCUT2D eigenvalue weighted by Gasteiger charge is -2.29. The van der Waals surface area contributed by atoms with E-state index in [1.54, 1.807) is 14.2 Å². The average Bonchev–Trinajstić information content (AvgIpc) is 2.99. The lowest BCUT2D eigenvalue weighted by molar-refractivity contribution is -0.132. The number of carbonyl (C=O) groups excluding carboxylic acids is 2. The second-order valence-corrected chi connectivity index (χ2v) is 13.7. The van der Waals surface area contributed by atoms with Gasteiger partial charge in [0, 0.05) is 24.7 Å². The van der Waals surface area contributed by atoms with Crippen molar-refractivity contribution in [3.05, 3.63) is 116 Å². The molecule has 48 heavy (non-hydrogen) atoms. The second-order valence-electron chi connectivity index (χ2n) is 13.7. The number of esters is 2. The summed E-state index contributed by atoms with van der Waals surface area (Å²) in [6.07, 6.45) is 0. The Hall–Kier alpha value is -4.58. The summed E-state index contributed by atoms with van der Waals surface area (Å²) in [6.45, 7) is 23.8. The minimum atomic E-state index is -0.300. The van der Waals surface area contributed by atoms with Crippen molar-refractivity contribution < 1.29 is 28.5 Å². The zero-order chi connectivity index (χ0) is 36.1. The molecule has 0 saturated carbocycles. The van der Waals surface area contributed by atoms with E-state index in [9.17, 15) is 9.59 Å². The number of rotatable bonds is 8. The molecule has 0 spiro atoms. The Morgan fingerprint density at radius 3 is 1.17 bits per heavy atom. The smallest absolute Gasteiger partial charge is 0.308 e. The second kappa shape index (κ2) is 15.1. The lowest BCUT2D eigenvalue weighted by atomic mass is 9.76. The zero-order valence-corrected chi connectivity index (χ0v) is 31.2. The van der Waals surface area contributed by atoms with Gasteiger partial charge in [-0.25, -0.2) is 0 Å². The Labute approximate surface area is 287 Å². The Balaban J connectivity index is 0.000000261. The van der Waals surface area contributed by atoms with Crippen LogP contribution in [0.2, 0.25) is 0 Å². The van der Waals surface area contributed by atoms with Gasteiger partial charge in [0.2, 0.25) is 0 Å². The van der Waals surface area contributed by atoms with Crippen molar-refractivity contribution in [2.24, 2.45) is 0 Å². The highest BCUT2D eigenvalue weighted by Crippen LogP contribution is 2.39. The fourth-order valence-corrected chi connectivity index (χ4v) is 6.16. The molecule has 4 aromatic carbocycles. The van der Waals surface area contributed by atoms with Crippen LogP contribution in [0.15, 0.2) is 60.7 Å². The van der Waals surface area contributed by atoms with Crippen molar-refractivity contribution in [1.82, 2.24) is 0 Å². The summed E-state index contributed by atoms with van der Waals surface area (Å²) in [6, 6.07) is 20.8. The van der Waals surface area contributed by atoms with Gasteiger partial charge >= 0.3 is 11.9 Å². The summed E-state index contributed by atoms with van der Waals surface area (Å²) >= 11 is 0. The normalized spacial score (nSPS) is 11.3. The first kappa shape index (κ1) is 37.9. The monoisotopic (exact) mass is 652 g/mol. The van der Waals surface area contributed by atoms with Crippen LogP contribution < -0.4 is 18.9 Å². The van der Waals surface area contributed by atoms with Gasteiger partial charge in [-0.1, -0.05) is 76.2 Å². The molecule has 4 rings (SSSR count). The van der Waals surface area contributed by atoms with E-state index in [0.29, 0.717) is 11.5 Å². The highest BCUT2D eigenvalue weighted by molar-refractivity contribution is 5.71. The number of carbonyl (C=O) groups is 2. The molecule has 0 heterocycles. The Morgan fingerprint density at radius 1 is 0.458 bits per heavy atom. The van der Waals surface area contributed by atoms with Gasteiger partial charge in [-0.3, -0.25) is 9.59 Å². The van der Waals surface area contributed by atoms with Crippen LogP contribution in [0.25, 0.3) is 0 Å². The van der Waals surface area contributed by atoms with E-state index >= 15 is 0 Å². The Kier molecular flexibility index (Phi) is 11.9. The first-order valence-corrected chi connectivity index (χ1v) is 16.2. The van der Waals surface area contributed by atoms with E-state index in [1.807, 2.05) is 45.9 Å². The summed E-state index contributed by atoms with van der Waals surface area (Å²) in [5.74, 6) is 2.52. The van der Waals surface area contributed by atoms with Crippen LogP contribution in [0.3, 0.4) is 0 Å². The van der Waals surface area contributed by atoms with Crippen LogP contribution in [0.1, 0.15) is 97.2 Å². The molecule has 0 atom stereocenters. The molecule has 256 valence electrons. The minimum Gasteiger partial charge on any atom is -0.496 e. The van der Waals surface area contributed by atoms with E-state index in [1.165, 1.54) is 36.1 Å². The van der Waals surface area contributed by atoms with Crippen molar-refractivity contribution in [2.75, 3.05) is 14.2 Å². The molecule has 0 aliphatic carbocycles. The molecule has 0 N–H and O–H groups in total. The van der Waals surface area contributed by atoms with Crippen LogP contribution in [-0.4, -0.2) is 26.2 Å². The summed E-state index contributed by atoms with van der Waals surface area (Å²) < 4.78 is 21.4. The first-order chi connectivity index (χ1) is 22.3. The van der Waals surface area contributed by atoms with Crippen LogP contribution in [0, 0.1) is 41.5 Å². The van der Waals surface area contributed by atoms with Crippen molar-refractivity contribution in [3.63, 3.8) is 0 Å². The molecule has 0 bridgehead atoms. The van der Waals surface area contributed by atoms with Crippen molar-refractivity contribution in [1.29, 1.82) is 0 Å². The number of ether oxygens (including phenoxy) is 4. The van der Waals surface area contributed by atoms with Gasteiger partial charge in [0.05, 0.1) is 14.2 Å². The van der Waals surface area contributed by atoms with Crippen molar-refractivity contribution in [3.8, 4) is 23.0 Å². The van der Waals surface area contributed by atoms with E-state index in [0.717, 1.165) is 44.9 Å². The third-order valence-corrected chi connectivity index (χ3v) is 9.08. The number of methoxy groups -OCH3 is 2. The van der Waals surface area contributed by atoms with Crippen LogP contribution >= 0.6 is 0 Å². The molecule has 6 nitrogen and oxygen atoms in total. The molecule has 0 radical (unpaired) electrons. The van der Waals surface area contributed by atoms with Crippen LogP contribution in [0.5, 0.6) is 23.0 Å². The molecular weight excluding hydrogens is 600 g/mol. The molecule has 0 aliphatic heterocycles. The largest absolute Gasteiger partial charge is 0.496 e. The van der Waals surface area contributed by atoms with Gasteiger partial charge in [-0.2, -0.15) is 0 Å². The molecule has 0 aliphatic rings. The average molecular weight is 653 g/mol. The van der Waals surface area contributed by atoms with Gasteiger partial charge < -0.3 is 18.9 Å². The van der Waals surface area contributed by atoms with Crippen LogP contribution in [0.4, 0.5) is 0 Å². The quantitative estimate of drug-likeness (QED) is 0.139. The highest BCUT2D eigenvalue weighted by atomic mass is 16.5. The van der Waals surface area contributed by atoms with E-state index in [4.69, 9.17) is 18.9 Å². The fraction of sp³-hybridized carbons (Fsp3) is 0.381. The predicted octanol–water partition coefficient (Wildman–Crippen LogP) is 9.74. The number of hydrogen-bond donors (Lipinski definition) is 0. The summed E-state index contributed by atoms with van der Waals surface area (Å²) in [5, 5.41) is 0. The van der Waals surface area contributed by atoms with Crippen molar-refractivity contribution in [2.45, 2.75) is 93.9 Å². The Morgan fingerprint density at radius 2 is 0.812 bits per heavy atom. The van der Waals surface area contributed by atoms with Gasteiger partial charge in [-0.15, -0.1) is 0 Å². The zero-order valence-electron chi connectivity index (χ0n) is 31.2. The van der Waals surface area contributed by atoms with Crippen LogP contribution in [-0.2, 0) is 20.4 Å². The summed E-state index contributed by atoms with van der Waals surface area (Å²) in [4.78, 5) is 22.5. The van der Waals surface area contributed by atoms with Gasteiger partial charge in [0.1, 0.15) is 23.0 Å². The topological polar surface area (TPSA) is 71.1 Å². The van der Waals surface area contributed by atoms with Gasteiger partial charge in [0.25, 0.3) is 0 Å². The third kappa shape index (κ3) is 8.46. The standard InChI is InChI=1S/C22H28O3.C20H24O3/c1-13-9-18(10-14(2)20(13)24-8)22(6,7)19-11-15(3)21(16(4)12-19)25-17(5)23;1-13-11-16(7-9-18(13)22-6)20(4,5)17-8-10-19(14(2)12-17)23-15(3)21/h9-12H,1-8H3;7-12H,1-6H3. The maximum absolute atomic E-state index is 11.3. The molecule has 0 fully saturated rings. The number of aryl methyl sites for hydroxylation is 6. The molecule has 0 unspecified atom stereocenters. The molecule has 0 saturated heterocycles. The lowest BCUT2D eigenvalue weighted by Crippen LogP contribution is -2.20. The molecule has 0 aromatic heterocycles. The molecule has 4 aromatic rings. The summed E-state index contributed by atoms with van der Waals surface area (Å²) in [7, 11) is 3.39. The first-order valence-electron chi connectivity index (χ1n) is 16.2. The fourth-order valence-electron chi connectivity index (χ4n) is 6.16. The van der Waals surface area contributed by atoms with E-state index in [-0.39, 0.29) is 22.8 Å². The predicted molar refractivity (Wildman–Crippen MR) is 194 cm³/mol. The van der Waals surface area contributed by atoms with Gasteiger partial charge in [-0.05, 0) is 109 Å². The highest BCUT2D eigenvalue weighted by Gasteiger charge is 2.27. The van der Waals surface area contributed by atoms with E-state index in [2.05, 4.69) is 84.0 Å². The number of benzene rings is 4. The summed E-state index contributed by atoms with van der Waals surface area (Å²) in [5.41, 5.74) is 10.8. The van der Waals surface area contributed by atoms with Gasteiger partial charge in [0.15, 0.2) is 0 Å². The Bertz CT molecular complexity index is 1770. The van der Waals surface area contributed by atoms with E-state index < -0.39 is 0 Å². The third-order valence-electron chi connectivity index (χ3n) is 9.08. The SMILES string of the molecule is COc1c(C)cc(C(C)(C)c2cc(C)c(OC(C)=O)c(C)c2)cc1C.COc1ccc(C(C)(C)c2ccc(OC(C)=O)c(C)c2)cc1C. The minimum absolute atomic E-state index is 0.156. The molecule has 0 amide bonds. The molecule has 6 heteroatoms. The van der Waals surface area contributed by atoms with Crippen molar-refractivity contribution >= 4 is 11.9 Å².